The van der Waals surface area contributed by atoms with Crippen LogP contribution in [0, 0.1) is 0 Å². The fourth-order valence-corrected chi connectivity index (χ4v) is 5.10. The van der Waals surface area contributed by atoms with E-state index in [0.717, 1.165) is 74.6 Å². The number of carbonyl (C=O) groups is 1. The molecule has 8 nitrogen and oxygen atoms in total. The molecule has 0 atom stereocenters. The number of benzene rings is 3. The fraction of sp³-hybridized carbons (Fsp3) is 0.355. The molecule has 1 saturated heterocycles. The van der Waals surface area contributed by atoms with Crippen molar-refractivity contribution in [3.63, 3.8) is 0 Å². The van der Waals surface area contributed by atoms with E-state index in [4.69, 9.17) is 0 Å². The molecule has 0 radical (unpaired) electrons. The smallest absolute Gasteiger partial charge is 0.255 e. The Labute approximate surface area is 230 Å². The van der Waals surface area contributed by atoms with Gasteiger partial charge in [0.25, 0.3) is 5.91 Å². The molecule has 5 rings (SSSR count). The number of nitrogens with zero attached hydrogens (tertiary/aromatic N) is 4. The van der Waals surface area contributed by atoms with Gasteiger partial charge in [-0.05, 0) is 75.3 Å². The number of hydrogen-bond acceptors (Lipinski definition) is 6. The number of aromatic hydroxyl groups is 1. The lowest BCUT2D eigenvalue weighted by Crippen LogP contribution is -2.45. The minimum Gasteiger partial charge on any atom is -0.507 e. The molecule has 0 saturated carbocycles. The molecule has 8 heteroatoms. The summed E-state index contributed by atoms with van der Waals surface area (Å²) in [7, 11) is 2.17. The molecule has 1 aromatic heterocycles. The van der Waals surface area contributed by atoms with Gasteiger partial charge in [-0.3, -0.25) is 4.79 Å². The van der Waals surface area contributed by atoms with Crippen LogP contribution >= 0.6 is 0 Å². The molecule has 3 N–H and O–H groups in total. The summed E-state index contributed by atoms with van der Waals surface area (Å²) >= 11 is 0. The SMILES string of the molecule is CCN(CC)c1ccc(-c2nc3ccc(C(=O)Nc4ccc(CCN5CCN(C)CC5)cc4)cc3[nH]2)c(O)c1. The maximum absolute atomic E-state index is 13.0. The summed E-state index contributed by atoms with van der Waals surface area (Å²) in [6.07, 6.45) is 1.00. The molecule has 1 aliphatic heterocycles. The van der Waals surface area contributed by atoms with Crippen molar-refractivity contribution in [2.45, 2.75) is 20.3 Å². The van der Waals surface area contributed by atoms with Crippen LogP contribution in [-0.4, -0.2) is 83.6 Å². The van der Waals surface area contributed by atoms with Crippen molar-refractivity contribution >= 4 is 28.3 Å². The summed E-state index contributed by atoms with van der Waals surface area (Å²) in [6, 6.07) is 19.2. The number of phenolic OH excluding ortho intramolecular Hbond substituents is 1. The zero-order valence-electron chi connectivity index (χ0n) is 23.1. The van der Waals surface area contributed by atoms with E-state index >= 15 is 0 Å². The number of piperazine rings is 1. The average molecular weight is 527 g/mol. The number of aromatic nitrogens is 2. The predicted molar refractivity (Wildman–Crippen MR) is 159 cm³/mol. The van der Waals surface area contributed by atoms with Crippen LogP contribution in [0.1, 0.15) is 29.8 Å². The first-order valence-corrected chi connectivity index (χ1v) is 13.8. The standard InChI is InChI=1S/C31H38N6O2/c1-4-37(5-2)25-11-12-26(29(38)21-25)30-33-27-13-8-23(20-28(27)34-30)31(39)32-24-9-6-22(7-10-24)14-15-36-18-16-35(3)17-19-36/h6-13,20-21,38H,4-5,14-19H2,1-3H3,(H,32,39)(H,33,34). The van der Waals surface area contributed by atoms with Crippen molar-refractivity contribution in [1.82, 2.24) is 19.8 Å². The van der Waals surface area contributed by atoms with E-state index in [1.165, 1.54) is 5.56 Å². The molecule has 2 heterocycles. The van der Waals surface area contributed by atoms with Crippen LogP contribution in [0.4, 0.5) is 11.4 Å². The van der Waals surface area contributed by atoms with Crippen molar-refractivity contribution in [3.05, 3.63) is 71.8 Å². The van der Waals surface area contributed by atoms with Gasteiger partial charge in [-0.25, -0.2) is 4.98 Å². The van der Waals surface area contributed by atoms with E-state index in [2.05, 4.69) is 63.0 Å². The number of imidazole rings is 1. The highest BCUT2D eigenvalue weighted by molar-refractivity contribution is 6.06. The Morgan fingerprint density at radius 1 is 1.00 bits per heavy atom. The number of fused-ring (bicyclic) bond motifs is 1. The van der Waals surface area contributed by atoms with Crippen molar-refractivity contribution < 1.29 is 9.90 Å². The third-order valence-corrected chi connectivity index (χ3v) is 7.63. The van der Waals surface area contributed by atoms with Crippen LogP contribution in [0.2, 0.25) is 0 Å². The monoisotopic (exact) mass is 526 g/mol. The van der Waals surface area contributed by atoms with E-state index in [0.29, 0.717) is 17.0 Å². The summed E-state index contributed by atoms with van der Waals surface area (Å²) in [5, 5.41) is 13.7. The molecule has 1 fully saturated rings. The minimum absolute atomic E-state index is 0.170. The summed E-state index contributed by atoms with van der Waals surface area (Å²) in [6.45, 7) is 11.5. The second-order valence-electron chi connectivity index (χ2n) is 10.2. The number of amides is 1. The van der Waals surface area contributed by atoms with Gasteiger partial charge in [-0.15, -0.1) is 0 Å². The number of nitrogens with one attached hydrogen (secondary N) is 2. The minimum atomic E-state index is -0.176. The molecule has 39 heavy (non-hydrogen) atoms. The van der Waals surface area contributed by atoms with Crippen LogP contribution in [0.5, 0.6) is 5.75 Å². The van der Waals surface area contributed by atoms with Gasteiger partial charge in [0.05, 0.1) is 16.6 Å². The topological polar surface area (TPSA) is 87.7 Å². The maximum Gasteiger partial charge on any atom is 0.255 e. The molecule has 1 aliphatic rings. The Morgan fingerprint density at radius 3 is 2.44 bits per heavy atom. The second kappa shape index (κ2) is 11.9. The molecule has 4 aromatic rings. The number of H-pyrrole nitrogens is 1. The Balaban J connectivity index is 1.23. The summed E-state index contributed by atoms with van der Waals surface area (Å²) in [5.41, 5.74) is 5.65. The molecule has 0 spiro atoms. The highest BCUT2D eigenvalue weighted by Crippen LogP contribution is 2.32. The zero-order valence-corrected chi connectivity index (χ0v) is 23.1. The first kappa shape index (κ1) is 26.7. The zero-order chi connectivity index (χ0) is 27.4. The van der Waals surface area contributed by atoms with Crippen LogP contribution in [0.25, 0.3) is 22.4 Å². The van der Waals surface area contributed by atoms with Gasteiger partial charge >= 0.3 is 0 Å². The van der Waals surface area contributed by atoms with E-state index < -0.39 is 0 Å². The Bertz CT molecular complexity index is 1420. The summed E-state index contributed by atoms with van der Waals surface area (Å²) in [4.78, 5) is 28.0. The van der Waals surface area contributed by atoms with E-state index in [9.17, 15) is 9.90 Å². The van der Waals surface area contributed by atoms with Crippen LogP contribution in [0.15, 0.2) is 60.7 Å². The molecule has 0 aliphatic carbocycles. The summed E-state index contributed by atoms with van der Waals surface area (Å²) < 4.78 is 0. The lowest BCUT2D eigenvalue weighted by atomic mass is 10.1. The first-order valence-electron chi connectivity index (χ1n) is 13.8. The highest BCUT2D eigenvalue weighted by Gasteiger charge is 2.15. The van der Waals surface area contributed by atoms with Gasteiger partial charge in [-0.2, -0.15) is 0 Å². The maximum atomic E-state index is 13.0. The number of aromatic amines is 1. The first-order chi connectivity index (χ1) is 18.9. The molecule has 3 aromatic carbocycles. The Morgan fingerprint density at radius 2 is 1.74 bits per heavy atom. The Kier molecular flexibility index (Phi) is 8.14. The molecule has 0 unspecified atom stereocenters. The summed E-state index contributed by atoms with van der Waals surface area (Å²) in [5.74, 6) is 0.561. The predicted octanol–water partition coefficient (Wildman–Crippen LogP) is 4.82. The van der Waals surface area contributed by atoms with Crippen molar-refractivity contribution in [2.75, 3.05) is 63.1 Å². The number of hydrogen-bond donors (Lipinski definition) is 3. The number of likely N-dealkylation sites (N-methyl/N-ethyl adjacent to an activating group) is 1. The van der Waals surface area contributed by atoms with Gasteiger partial charge < -0.3 is 30.1 Å². The van der Waals surface area contributed by atoms with E-state index in [-0.39, 0.29) is 11.7 Å². The largest absolute Gasteiger partial charge is 0.507 e. The normalized spacial score (nSPS) is 14.5. The van der Waals surface area contributed by atoms with Crippen LogP contribution in [0.3, 0.4) is 0 Å². The van der Waals surface area contributed by atoms with Gasteiger partial charge in [-0.1, -0.05) is 12.1 Å². The Hall–Kier alpha value is -3.88. The number of phenols is 1. The number of carbonyl (C=O) groups excluding carboxylic acids is 1. The molecular weight excluding hydrogens is 488 g/mol. The lowest BCUT2D eigenvalue weighted by Gasteiger charge is -2.32. The van der Waals surface area contributed by atoms with Crippen LogP contribution < -0.4 is 10.2 Å². The van der Waals surface area contributed by atoms with Gasteiger partial charge in [0, 0.05) is 68.8 Å². The van der Waals surface area contributed by atoms with Crippen LogP contribution in [-0.2, 0) is 6.42 Å². The third-order valence-electron chi connectivity index (χ3n) is 7.63. The van der Waals surface area contributed by atoms with Crippen molar-refractivity contribution in [2.24, 2.45) is 0 Å². The van der Waals surface area contributed by atoms with Gasteiger partial charge in [0.1, 0.15) is 11.6 Å². The van der Waals surface area contributed by atoms with Gasteiger partial charge in [0.15, 0.2) is 0 Å². The molecule has 1 amide bonds. The average Bonchev–Trinajstić information content (AvgIpc) is 3.37. The molecule has 204 valence electrons. The number of rotatable bonds is 9. The third kappa shape index (κ3) is 6.24. The fourth-order valence-electron chi connectivity index (χ4n) is 5.10. The van der Waals surface area contributed by atoms with Crippen molar-refractivity contribution in [3.8, 4) is 17.1 Å². The van der Waals surface area contributed by atoms with Crippen molar-refractivity contribution in [1.29, 1.82) is 0 Å². The number of anilines is 2. The highest BCUT2D eigenvalue weighted by atomic mass is 16.3. The van der Waals surface area contributed by atoms with Gasteiger partial charge in [0.2, 0.25) is 0 Å². The second-order valence-corrected chi connectivity index (χ2v) is 10.2. The lowest BCUT2D eigenvalue weighted by molar-refractivity contribution is 0.102. The quantitative estimate of drug-likeness (QED) is 0.290. The molecular formula is C31H38N6O2. The molecule has 0 bridgehead atoms. The van der Waals surface area contributed by atoms with E-state index in [1.54, 1.807) is 18.2 Å². The van der Waals surface area contributed by atoms with E-state index in [1.807, 2.05) is 30.3 Å².